The zero-order valence-corrected chi connectivity index (χ0v) is 13.5. The van der Waals surface area contributed by atoms with E-state index >= 15 is 0 Å². The molecule has 3 aromatic rings. The maximum absolute atomic E-state index is 12.6. The van der Waals surface area contributed by atoms with Crippen LogP contribution in [0.1, 0.15) is 35.6 Å². The summed E-state index contributed by atoms with van der Waals surface area (Å²) < 4.78 is 7.90. The van der Waals surface area contributed by atoms with E-state index in [0.717, 1.165) is 29.7 Å². The minimum atomic E-state index is -0.195. The lowest BCUT2D eigenvalue weighted by Gasteiger charge is -2.20. The summed E-state index contributed by atoms with van der Waals surface area (Å²) in [5, 5.41) is 4.15. The van der Waals surface area contributed by atoms with Crippen LogP contribution in [0.15, 0.2) is 42.9 Å². The van der Waals surface area contributed by atoms with E-state index in [1.807, 2.05) is 36.7 Å². The van der Waals surface area contributed by atoms with Gasteiger partial charge in [-0.2, -0.15) is 0 Å². The molecule has 1 fully saturated rings. The maximum Gasteiger partial charge on any atom is 0.251 e. The quantitative estimate of drug-likeness (QED) is 0.775. The highest BCUT2D eigenvalue weighted by Crippen LogP contribution is 2.28. The van der Waals surface area contributed by atoms with E-state index in [9.17, 15) is 4.79 Å². The molecule has 3 heterocycles. The van der Waals surface area contributed by atoms with Gasteiger partial charge in [0.2, 0.25) is 0 Å². The van der Waals surface area contributed by atoms with Crippen molar-refractivity contribution >= 4 is 16.8 Å². The van der Waals surface area contributed by atoms with Gasteiger partial charge in [0.25, 0.3) is 5.91 Å². The molecule has 6 heteroatoms. The fourth-order valence-corrected chi connectivity index (χ4v) is 3.28. The number of aryl methyl sites for hydroxylation is 1. The van der Waals surface area contributed by atoms with Crippen molar-refractivity contribution in [2.75, 3.05) is 6.61 Å². The molecular formula is C18H20N4O2. The van der Waals surface area contributed by atoms with E-state index in [2.05, 4.69) is 26.8 Å². The molecule has 0 bridgehead atoms. The smallest absolute Gasteiger partial charge is 0.251 e. The molecule has 6 nitrogen and oxygen atoms in total. The molecule has 0 aliphatic carbocycles. The largest absolute Gasteiger partial charge is 0.368 e. The van der Waals surface area contributed by atoms with Gasteiger partial charge >= 0.3 is 0 Å². The number of H-pyrrole nitrogens is 1. The summed E-state index contributed by atoms with van der Waals surface area (Å²) in [6.45, 7) is 3.53. The Morgan fingerprint density at radius 1 is 1.46 bits per heavy atom. The summed E-state index contributed by atoms with van der Waals surface area (Å²) in [6, 6.07) is 7.57. The van der Waals surface area contributed by atoms with Crippen LogP contribution in [0, 0.1) is 0 Å². The molecule has 0 spiro atoms. The van der Waals surface area contributed by atoms with Crippen LogP contribution in [-0.4, -0.2) is 33.1 Å². The molecule has 1 aliphatic rings. The number of ether oxygens (including phenoxy) is 1. The Kier molecular flexibility index (Phi) is 3.82. The van der Waals surface area contributed by atoms with Crippen LogP contribution in [0.4, 0.5) is 0 Å². The van der Waals surface area contributed by atoms with E-state index in [-0.39, 0.29) is 18.1 Å². The Hall–Kier alpha value is -2.60. The molecule has 2 atom stereocenters. The van der Waals surface area contributed by atoms with Gasteiger partial charge in [0.1, 0.15) is 11.9 Å². The van der Waals surface area contributed by atoms with E-state index in [0.29, 0.717) is 12.2 Å². The van der Waals surface area contributed by atoms with Crippen LogP contribution < -0.4 is 5.32 Å². The first kappa shape index (κ1) is 15.0. The van der Waals surface area contributed by atoms with E-state index < -0.39 is 0 Å². The van der Waals surface area contributed by atoms with Gasteiger partial charge in [0, 0.05) is 48.2 Å². The van der Waals surface area contributed by atoms with Crippen molar-refractivity contribution in [3.8, 4) is 0 Å². The van der Waals surface area contributed by atoms with Crippen molar-refractivity contribution in [2.45, 2.75) is 32.0 Å². The van der Waals surface area contributed by atoms with E-state index in [4.69, 9.17) is 4.74 Å². The van der Waals surface area contributed by atoms with Crippen molar-refractivity contribution < 1.29 is 9.53 Å². The molecule has 24 heavy (non-hydrogen) atoms. The van der Waals surface area contributed by atoms with Crippen molar-refractivity contribution in [3.63, 3.8) is 0 Å². The number of fused-ring (bicyclic) bond motifs is 1. The molecule has 4 rings (SSSR count). The molecular weight excluding hydrogens is 304 g/mol. The van der Waals surface area contributed by atoms with Gasteiger partial charge in [0.15, 0.2) is 0 Å². The van der Waals surface area contributed by atoms with Gasteiger partial charge in [-0.3, -0.25) is 4.79 Å². The summed E-state index contributed by atoms with van der Waals surface area (Å²) in [4.78, 5) is 20.2. The predicted octanol–water partition coefficient (Wildman–Crippen LogP) is 2.64. The van der Waals surface area contributed by atoms with Crippen LogP contribution in [0.25, 0.3) is 10.9 Å². The summed E-state index contributed by atoms with van der Waals surface area (Å²) in [5.74, 6) is 0.801. The second-order valence-electron chi connectivity index (χ2n) is 6.01. The van der Waals surface area contributed by atoms with Crippen LogP contribution in [-0.2, 0) is 11.3 Å². The Labute approximate surface area is 139 Å². The number of carbonyl (C=O) groups excluding carboxylic acids is 1. The lowest BCUT2D eigenvalue weighted by Crippen LogP contribution is -2.37. The molecule has 2 N–H and O–H groups in total. The van der Waals surface area contributed by atoms with Crippen LogP contribution >= 0.6 is 0 Å². The molecule has 1 aromatic carbocycles. The predicted molar refractivity (Wildman–Crippen MR) is 90.8 cm³/mol. The monoisotopic (exact) mass is 324 g/mol. The first-order chi connectivity index (χ1) is 11.8. The molecule has 2 aromatic heterocycles. The SMILES string of the molecule is CCn1ccnc1[C@H]1OCC[C@@H]1NC(=O)c1ccc2[nH]ccc2c1. The second-order valence-corrected chi connectivity index (χ2v) is 6.01. The van der Waals surface area contributed by atoms with Crippen molar-refractivity contribution in [3.05, 3.63) is 54.2 Å². The first-order valence-corrected chi connectivity index (χ1v) is 8.27. The lowest BCUT2D eigenvalue weighted by molar-refractivity contribution is 0.0775. The number of hydrogen-bond donors (Lipinski definition) is 2. The van der Waals surface area contributed by atoms with Crippen molar-refractivity contribution in [1.29, 1.82) is 0 Å². The third-order valence-corrected chi connectivity index (χ3v) is 4.57. The molecule has 0 saturated carbocycles. The fourth-order valence-electron chi connectivity index (χ4n) is 3.28. The summed E-state index contributed by atoms with van der Waals surface area (Å²) in [5.41, 5.74) is 1.69. The zero-order chi connectivity index (χ0) is 16.5. The number of benzene rings is 1. The minimum absolute atomic E-state index is 0.0629. The van der Waals surface area contributed by atoms with E-state index in [1.165, 1.54) is 0 Å². The van der Waals surface area contributed by atoms with Gasteiger partial charge in [-0.05, 0) is 37.6 Å². The Morgan fingerprint density at radius 3 is 3.25 bits per heavy atom. The number of carbonyl (C=O) groups is 1. The van der Waals surface area contributed by atoms with Gasteiger partial charge in [-0.1, -0.05) is 0 Å². The number of aromatic nitrogens is 3. The number of nitrogens with zero attached hydrogens (tertiary/aromatic N) is 2. The number of nitrogens with one attached hydrogen (secondary N) is 2. The van der Waals surface area contributed by atoms with Crippen LogP contribution in [0.3, 0.4) is 0 Å². The summed E-state index contributed by atoms with van der Waals surface area (Å²) in [6.07, 6.45) is 6.19. The third-order valence-electron chi connectivity index (χ3n) is 4.57. The molecule has 1 amide bonds. The summed E-state index contributed by atoms with van der Waals surface area (Å²) >= 11 is 0. The average molecular weight is 324 g/mol. The van der Waals surface area contributed by atoms with Crippen LogP contribution in [0.5, 0.6) is 0 Å². The molecule has 0 radical (unpaired) electrons. The highest BCUT2D eigenvalue weighted by atomic mass is 16.5. The highest BCUT2D eigenvalue weighted by Gasteiger charge is 2.33. The molecule has 1 saturated heterocycles. The number of rotatable bonds is 4. The average Bonchev–Trinajstić information content (AvgIpc) is 3.33. The molecule has 1 aliphatic heterocycles. The number of amides is 1. The second kappa shape index (κ2) is 6.13. The molecule has 124 valence electrons. The lowest BCUT2D eigenvalue weighted by atomic mass is 10.1. The van der Waals surface area contributed by atoms with Gasteiger partial charge in [-0.15, -0.1) is 0 Å². The third kappa shape index (κ3) is 2.59. The van der Waals surface area contributed by atoms with Gasteiger partial charge < -0.3 is 19.6 Å². The van der Waals surface area contributed by atoms with Crippen molar-refractivity contribution in [2.24, 2.45) is 0 Å². The normalized spacial score (nSPS) is 20.5. The Balaban J connectivity index is 1.54. The Bertz CT molecular complexity index is 867. The van der Waals surface area contributed by atoms with Gasteiger partial charge in [0.05, 0.1) is 6.04 Å². The first-order valence-electron chi connectivity index (χ1n) is 8.27. The zero-order valence-electron chi connectivity index (χ0n) is 13.5. The van der Waals surface area contributed by atoms with Crippen LogP contribution in [0.2, 0.25) is 0 Å². The minimum Gasteiger partial charge on any atom is -0.368 e. The standard InChI is InChI=1S/C18H20N4O2/c1-2-22-9-8-20-17(22)16-15(6-10-24-16)21-18(23)13-3-4-14-12(11-13)5-7-19-14/h3-5,7-9,11,15-16,19H,2,6,10H2,1H3,(H,21,23)/t15-,16-/m0/s1. The number of aromatic amines is 1. The fraction of sp³-hybridized carbons (Fsp3) is 0.333. The summed E-state index contributed by atoms with van der Waals surface area (Å²) in [7, 11) is 0. The highest BCUT2D eigenvalue weighted by molar-refractivity contribution is 5.98. The van der Waals surface area contributed by atoms with E-state index in [1.54, 1.807) is 6.20 Å². The van der Waals surface area contributed by atoms with Crippen molar-refractivity contribution in [1.82, 2.24) is 19.9 Å². The number of hydrogen-bond acceptors (Lipinski definition) is 3. The maximum atomic E-state index is 12.6. The topological polar surface area (TPSA) is 71.9 Å². The number of imidazole rings is 1. The molecule has 0 unspecified atom stereocenters. The Morgan fingerprint density at radius 2 is 2.38 bits per heavy atom. The van der Waals surface area contributed by atoms with Gasteiger partial charge in [-0.25, -0.2) is 4.98 Å².